The molecule has 2 rings (SSSR count). The van der Waals surface area contributed by atoms with Gasteiger partial charge in [-0.2, -0.15) is 0 Å². The number of primary amides is 1. The number of hydrogen-bond donors (Lipinski definition) is 1. The van der Waals surface area contributed by atoms with Gasteiger partial charge in [0.05, 0.1) is 23.9 Å². The lowest BCUT2D eigenvalue weighted by molar-refractivity contribution is -0.117. The number of amides is 1. The predicted octanol–water partition coefficient (Wildman–Crippen LogP) is 1.40. The first kappa shape index (κ1) is 12.1. The van der Waals surface area contributed by atoms with Crippen molar-refractivity contribution in [2.24, 2.45) is 11.7 Å². The van der Waals surface area contributed by atoms with E-state index in [1.807, 2.05) is 4.68 Å². The highest BCUT2D eigenvalue weighted by Crippen LogP contribution is 2.42. The van der Waals surface area contributed by atoms with Crippen molar-refractivity contribution in [3.63, 3.8) is 0 Å². The van der Waals surface area contributed by atoms with Gasteiger partial charge in [0.15, 0.2) is 0 Å². The van der Waals surface area contributed by atoms with Crippen LogP contribution in [0, 0.1) is 5.92 Å². The van der Waals surface area contributed by atoms with Gasteiger partial charge in [-0.3, -0.25) is 4.79 Å². The third kappa shape index (κ3) is 2.48. The SMILES string of the molecule is CC(C)C(C)n1nnc(CC(N)=O)c1C1CC1. The fourth-order valence-electron chi connectivity index (χ4n) is 1.99. The van der Waals surface area contributed by atoms with Gasteiger partial charge in [0.2, 0.25) is 5.91 Å². The Morgan fingerprint density at radius 1 is 1.47 bits per heavy atom. The van der Waals surface area contributed by atoms with Crippen LogP contribution in [0.3, 0.4) is 0 Å². The Morgan fingerprint density at radius 2 is 2.12 bits per heavy atom. The number of hydrogen-bond acceptors (Lipinski definition) is 3. The van der Waals surface area contributed by atoms with Crippen LogP contribution >= 0.6 is 0 Å². The summed E-state index contributed by atoms with van der Waals surface area (Å²) in [6.07, 6.45) is 2.55. The minimum Gasteiger partial charge on any atom is -0.369 e. The molecule has 94 valence electrons. The summed E-state index contributed by atoms with van der Waals surface area (Å²) in [5, 5.41) is 8.34. The summed E-state index contributed by atoms with van der Waals surface area (Å²) in [5.41, 5.74) is 7.14. The molecule has 17 heavy (non-hydrogen) atoms. The van der Waals surface area contributed by atoms with Gasteiger partial charge in [0.25, 0.3) is 0 Å². The van der Waals surface area contributed by atoms with E-state index in [2.05, 4.69) is 31.1 Å². The smallest absolute Gasteiger partial charge is 0.223 e. The maximum atomic E-state index is 11.0. The molecule has 1 saturated carbocycles. The van der Waals surface area contributed by atoms with Crippen molar-refractivity contribution < 1.29 is 4.79 Å². The Kier molecular flexibility index (Phi) is 3.17. The van der Waals surface area contributed by atoms with E-state index in [4.69, 9.17) is 5.73 Å². The molecule has 0 radical (unpaired) electrons. The zero-order chi connectivity index (χ0) is 12.6. The number of nitrogens with two attached hydrogens (primary N) is 1. The molecule has 5 nitrogen and oxygen atoms in total. The summed E-state index contributed by atoms with van der Waals surface area (Å²) in [7, 11) is 0. The Bertz CT molecular complexity index is 420. The van der Waals surface area contributed by atoms with Crippen LogP contribution in [0.4, 0.5) is 0 Å². The normalized spacial score (nSPS) is 17.4. The van der Waals surface area contributed by atoms with Crippen molar-refractivity contribution in [1.29, 1.82) is 0 Å². The second-order valence-corrected chi connectivity index (χ2v) is 5.27. The van der Waals surface area contributed by atoms with Crippen LogP contribution in [0.25, 0.3) is 0 Å². The first-order valence-electron chi connectivity index (χ1n) is 6.23. The van der Waals surface area contributed by atoms with E-state index in [1.165, 1.54) is 12.8 Å². The third-order valence-electron chi connectivity index (χ3n) is 3.46. The number of aromatic nitrogens is 3. The molecule has 5 heteroatoms. The molecular formula is C12H20N4O. The fraction of sp³-hybridized carbons (Fsp3) is 0.750. The van der Waals surface area contributed by atoms with Crippen molar-refractivity contribution in [3.05, 3.63) is 11.4 Å². The molecule has 0 aliphatic heterocycles. The molecule has 1 heterocycles. The van der Waals surface area contributed by atoms with Crippen molar-refractivity contribution in [3.8, 4) is 0 Å². The highest BCUT2D eigenvalue weighted by Gasteiger charge is 2.33. The Balaban J connectivity index is 2.32. The number of carbonyl (C=O) groups is 1. The minimum atomic E-state index is -0.337. The zero-order valence-electron chi connectivity index (χ0n) is 10.7. The van der Waals surface area contributed by atoms with Crippen molar-refractivity contribution in [2.45, 2.75) is 52.0 Å². The molecule has 1 unspecified atom stereocenters. The van der Waals surface area contributed by atoms with Crippen molar-refractivity contribution >= 4 is 5.91 Å². The Labute approximate surface area is 101 Å². The first-order valence-corrected chi connectivity index (χ1v) is 6.23. The molecule has 2 N–H and O–H groups in total. The second-order valence-electron chi connectivity index (χ2n) is 5.27. The monoisotopic (exact) mass is 236 g/mol. The molecule has 1 amide bonds. The Morgan fingerprint density at radius 3 is 2.59 bits per heavy atom. The summed E-state index contributed by atoms with van der Waals surface area (Å²) >= 11 is 0. The van der Waals surface area contributed by atoms with Gasteiger partial charge < -0.3 is 5.73 Å². The van der Waals surface area contributed by atoms with Crippen LogP contribution in [-0.4, -0.2) is 20.9 Å². The molecule has 1 aliphatic carbocycles. The van der Waals surface area contributed by atoms with Crippen molar-refractivity contribution in [1.82, 2.24) is 15.0 Å². The summed E-state index contributed by atoms with van der Waals surface area (Å²) in [4.78, 5) is 11.0. The first-order chi connectivity index (χ1) is 8.00. The molecule has 0 spiro atoms. The molecule has 1 aromatic rings. The summed E-state index contributed by atoms with van der Waals surface area (Å²) in [6, 6.07) is 0.305. The largest absolute Gasteiger partial charge is 0.369 e. The molecular weight excluding hydrogens is 216 g/mol. The Hall–Kier alpha value is -1.39. The second kappa shape index (κ2) is 4.47. The van der Waals surface area contributed by atoms with Crippen LogP contribution in [0.15, 0.2) is 0 Å². The quantitative estimate of drug-likeness (QED) is 0.839. The maximum absolute atomic E-state index is 11.0. The van der Waals surface area contributed by atoms with Gasteiger partial charge in [-0.05, 0) is 25.7 Å². The van der Waals surface area contributed by atoms with Gasteiger partial charge in [0.1, 0.15) is 0 Å². The lowest BCUT2D eigenvalue weighted by Gasteiger charge is -2.18. The topological polar surface area (TPSA) is 73.8 Å². The third-order valence-corrected chi connectivity index (χ3v) is 3.46. The van der Waals surface area contributed by atoms with Crippen LogP contribution in [0.1, 0.15) is 57.0 Å². The van der Waals surface area contributed by atoms with Crippen LogP contribution in [0.2, 0.25) is 0 Å². The highest BCUT2D eigenvalue weighted by molar-refractivity contribution is 5.76. The fourth-order valence-corrected chi connectivity index (χ4v) is 1.99. The van der Waals surface area contributed by atoms with Crippen molar-refractivity contribution in [2.75, 3.05) is 0 Å². The van der Waals surface area contributed by atoms with Gasteiger partial charge in [-0.1, -0.05) is 19.1 Å². The van der Waals surface area contributed by atoms with E-state index in [1.54, 1.807) is 0 Å². The lowest BCUT2D eigenvalue weighted by atomic mass is 10.1. The lowest BCUT2D eigenvalue weighted by Crippen LogP contribution is -2.18. The van der Waals surface area contributed by atoms with E-state index in [-0.39, 0.29) is 12.3 Å². The average molecular weight is 236 g/mol. The molecule has 0 saturated heterocycles. The molecule has 0 bridgehead atoms. The zero-order valence-corrected chi connectivity index (χ0v) is 10.7. The summed E-state index contributed by atoms with van der Waals surface area (Å²) < 4.78 is 1.99. The van der Waals surface area contributed by atoms with Gasteiger partial charge in [-0.15, -0.1) is 5.10 Å². The minimum absolute atomic E-state index is 0.205. The molecule has 1 aliphatic rings. The molecule has 1 atom stereocenters. The average Bonchev–Trinajstić information content (AvgIpc) is 2.99. The summed E-state index contributed by atoms with van der Waals surface area (Å²) in [6.45, 7) is 6.47. The van der Waals surface area contributed by atoms with E-state index in [0.717, 1.165) is 11.4 Å². The number of nitrogens with zero attached hydrogens (tertiary/aromatic N) is 3. The van der Waals surface area contributed by atoms with Crippen LogP contribution in [-0.2, 0) is 11.2 Å². The maximum Gasteiger partial charge on any atom is 0.223 e. The number of rotatable bonds is 5. The van der Waals surface area contributed by atoms with Gasteiger partial charge in [0, 0.05) is 5.92 Å². The van der Waals surface area contributed by atoms with E-state index >= 15 is 0 Å². The highest BCUT2D eigenvalue weighted by atomic mass is 16.1. The molecule has 0 aromatic carbocycles. The van der Waals surface area contributed by atoms with Crippen LogP contribution < -0.4 is 5.73 Å². The summed E-state index contributed by atoms with van der Waals surface area (Å²) in [5.74, 6) is 0.687. The molecule has 1 fully saturated rings. The van der Waals surface area contributed by atoms with Gasteiger partial charge in [-0.25, -0.2) is 4.68 Å². The van der Waals surface area contributed by atoms with Crippen LogP contribution in [0.5, 0.6) is 0 Å². The van der Waals surface area contributed by atoms with E-state index in [9.17, 15) is 4.79 Å². The van der Waals surface area contributed by atoms with Gasteiger partial charge >= 0.3 is 0 Å². The number of carbonyl (C=O) groups excluding carboxylic acids is 1. The van der Waals surface area contributed by atoms with E-state index in [0.29, 0.717) is 17.9 Å². The molecule has 1 aromatic heterocycles. The predicted molar refractivity (Wildman–Crippen MR) is 64.4 cm³/mol. The standard InChI is InChI=1S/C12H20N4O/c1-7(2)8(3)16-12(9-4-5-9)10(14-15-16)6-11(13)17/h7-9H,4-6H2,1-3H3,(H2,13,17). The van der Waals surface area contributed by atoms with E-state index < -0.39 is 0 Å².